The zero-order valence-corrected chi connectivity index (χ0v) is 20.7. The second-order valence-electron chi connectivity index (χ2n) is 8.53. The molecule has 1 aromatic heterocycles. The van der Waals surface area contributed by atoms with E-state index >= 15 is 0 Å². The molecule has 0 aliphatic rings. The Balaban J connectivity index is 1.79. The van der Waals surface area contributed by atoms with Gasteiger partial charge in [-0.05, 0) is 51.8 Å². The normalized spacial score (nSPS) is 11.5. The number of fused-ring (bicyclic) bond motifs is 1. The molecule has 0 saturated heterocycles. The smallest absolute Gasteiger partial charge is 0.262 e. The van der Waals surface area contributed by atoms with Crippen molar-refractivity contribution in [1.29, 1.82) is 0 Å². The minimum Gasteiger partial charge on any atom is -0.379 e. The number of para-hydroxylation sites is 1. The summed E-state index contributed by atoms with van der Waals surface area (Å²) in [5, 5.41) is 1.16. The molecular weight excluding hydrogens is 434 g/mol. The SMILES string of the molecule is CC(C)OCCCn1c(SCC(=O)N(Cc2ccccc2)C(C)C)nc2ccccc2c1=O. The summed E-state index contributed by atoms with van der Waals surface area (Å²) in [4.78, 5) is 32.9. The molecule has 0 unspecified atom stereocenters. The average Bonchev–Trinajstić information content (AvgIpc) is 2.80. The van der Waals surface area contributed by atoms with Crippen molar-refractivity contribution in [3.63, 3.8) is 0 Å². The van der Waals surface area contributed by atoms with E-state index in [1.54, 1.807) is 10.6 Å². The molecule has 176 valence electrons. The van der Waals surface area contributed by atoms with Gasteiger partial charge >= 0.3 is 0 Å². The summed E-state index contributed by atoms with van der Waals surface area (Å²) in [6.45, 7) is 9.65. The predicted molar refractivity (Wildman–Crippen MR) is 135 cm³/mol. The Labute approximate surface area is 200 Å². The van der Waals surface area contributed by atoms with Crippen LogP contribution in [0.1, 0.15) is 39.7 Å². The molecule has 2 aromatic carbocycles. The van der Waals surface area contributed by atoms with Crippen LogP contribution in [-0.4, -0.2) is 44.9 Å². The molecule has 0 radical (unpaired) electrons. The fraction of sp³-hybridized carbons (Fsp3) is 0.423. The lowest BCUT2D eigenvalue weighted by Gasteiger charge is -2.27. The first-order valence-corrected chi connectivity index (χ1v) is 12.4. The Kier molecular flexibility index (Phi) is 9.09. The summed E-state index contributed by atoms with van der Waals surface area (Å²) in [5.74, 6) is 0.245. The van der Waals surface area contributed by atoms with Crippen LogP contribution in [0.4, 0.5) is 0 Å². The molecule has 0 aliphatic heterocycles. The van der Waals surface area contributed by atoms with E-state index in [1.165, 1.54) is 11.8 Å². The van der Waals surface area contributed by atoms with Crippen LogP contribution < -0.4 is 5.56 Å². The van der Waals surface area contributed by atoms with Crippen molar-refractivity contribution in [1.82, 2.24) is 14.5 Å². The van der Waals surface area contributed by atoms with Gasteiger partial charge in [0, 0.05) is 25.7 Å². The van der Waals surface area contributed by atoms with Crippen molar-refractivity contribution in [3.05, 3.63) is 70.5 Å². The number of carbonyl (C=O) groups is 1. The van der Waals surface area contributed by atoms with Crippen LogP contribution in [0.25, 0.3) is 10.9 Å². The van der Waals surface area contributed by atoms with E-state index in [0.717, 1.165) is 5.56 Å². The Morgan fingerprint density at radius 1 is 1.06 bits per heavy atom. The van der Waals surface area contributed by atoms with Gasteiger partial charge in [0.15, 0.2) is 5.16 Å². The zero-order valence-electron chi connectivity index (χ0n) is 19.9. The third-order valence-corrected chi connectivity index (χ3v) is 6.23. The predicted octanol–water partition coefficient (Wildman–Crippen LogP) is 4.74. The highest BCUT2D eigenvalue weighted by atomic mass is 32.2. The first-order chi connectivity index (χ1) is 15.9. The van der Waals surface area contributed by atoms with Crippen LogP contribution >= 0.6 is 11.8 Å². The van der Waals surface area contributed by atoms with Crippen molar-refractivity contribution in [3.8, 4) is 0 Å². The molecule has 0 bridgehead atoms. The van der Waals surface area contributed by atoms with E-state index in [9.17, 15) is 9.59 Å². The van der Waals surface area contributed by atoms with Gasteiger partial charge in [0.2, 0.25) is 5.91 Å². The molecule has 0 atom stereocenters. The Hall–Kier alpha value is -2.64. The molecule has 6 nitrogen and oxygen atoms in total. The maximum atomic E-state index is 13.2. The van der Waals surface area contributed by atoms with Crippen molar-refractivity contribution in [2.24, 2.45) is 0 Å². The standard InChI is InChI=1S/C26H33N3O3S/c1-19(2)29(17-21-11-6-5-7-12-21)24(30)18-33-26-27-23-14-9-8-13-22(23)25(31)28(26)15-10-16-32-20(3)4/h5-9,11-14,19-20H,10,15-18H2,1-4H3. The molecule has 0 N–H and O–H groups in total. The highest BCUT2D eigenvalue weighted by Crippen LogP contribution is 2.20. The zero-order chi connectivity index (χ0) is 23.8. The monoisotopic (exact) mass is 467 g/mol. The number of amides is 1. The number of benzene rings is 2. The number of rotatable bonds is 11. The van der Waals surface area contributed by atoms with Crippen LogP contribution in [-0.2, 0) is 22.6 Å². The largest absolute Gasteiger partial charge is 0.379 e. The maximum absolute atomic E-state index is 13.2. The Bertz CT molecular complexity index is 1110. The number of aromatic nitrogens is 2. The first-order valence-electron chi connectivity index (χ1n) is 11.4. The molecule has 0 aliphatic carbocycles. The number of hydrogen-bond acceptors (Lipinski definition) is 5. The van der Waals surface area contributed by atoms with Crippen molar-refractivity contribution in [2.45, 2.75) is 64.5 Å². The van der Waals surface area contributed by atoms with Crippen molar-refractivity contribution >= 4 is 28.6 Å². The van der Waals surface area contributed by atoms with E-state index in [4.69, 9.17) is 9.72 Å². The lowest BCUT2D eigenvalue weighted by atomic mass is 10.2. The summed E-state index contributed by atoms with van der Waals surface area (Å²) < 4.78 is 7.32. The minimum absolute atomic E-state index is 0.0240. The van der Waals surface area contributed by atoms with Gasteiger partial charge in [0.05, 0.1) is 22.8 Å². The van der Waals surface area contributed by atoms with Gasteiger partial charge in [0.1, 0.15) is 0 Å². The highest BCUT2D eigenvalue weighted by molar-refractivity contribution is 7.99. The summed E-state index contributed by atoms with van der Waals surface area (Å²) >= 11 is 1.32. The molecule has 1 amide bonds. The molecule has 0 spiro atoms. The van der Waals surface area contributed by atoms with Crippen LogP contribution in [0.5, 0.6) is 0 Å². The first kappa shape index (κ1) is 25.0. The van der Waals surface area contributed by atoms with Crippen molar-refractivity contribution in [2.75, 3.05) is 12.4 Å². The number of carbonyl (C=O) groups excluding carboxylic acids is 1. The molecule has 3 aromatic rings. The number of thioether (sulfide) groups is 1. The fourth-order valence-electron chi connectivity index (χ4n) is 3.54. The molecule has 3 rings (SSSR count). The van der Waals surface area contributed by atoms with Gasteiger partial charge in [-0.1, -0.05) is 54.2 Å². The highest BCUT2D eigenvalue weighted by Gasteiger charge is 2.19. The van der Waals surface area contributed by atoms with Gasteiger partial charge < -0.3 is 9.64 Å². The van der Waals surface area contributed by atoms with E-state index in [2.05, 4.69) is 0 Å². The third-order valence-electron chi connectivity index (χ3n) is 5.27. The summed E-state index contributed by atoms with van der Waals surface area (Å²) in [6, 6.07) is 17.4. The topological polar surface area (TPSA) is 64.4 Å². The van der Waals surface area contributed by atoms with Crippen LogP contribution in [0.15, 0.2) is 64.5 Å². The number of hydrogen-bond donors (Lipinski definition) is 0. The van der Waals surface area contributed by atoms with E-state index in [1.807, 2.05) is 81.1 Å². The lowest BCUT2D eigenvalue weighted by molar-refractivity contribution is -0.130. The molecule has 33 heavy (non-hydrogen) atoms. The van der Waals surface area contributed by atoms with Crippen LogP contribution in [0.3, 0.4) is 0 Å². The van der Waals surface area contributed by atoms with Gasteiger partial charge in [-0.25, -0.2) is 4.98 Å². The fourth-order valence-corrected chi connectivity index (χ4v) is 4.46. The summed E-state index contributed by atoms with van der Waals surface area (Å²) in [5.41, 5.74) is 1.66. The number of ether oxygens (including phenoxy) is 1. The Morgan fingerprint density at radius 3 is 2.45 bits per heavy atom. The Morgan fingerprint density at radius 2 is 1.76 bits per heavy atom. The lowest BCUT2D eigenvalue weighted by Crippen LogP contribution is -2.37. The average molecular weight is 468 g/mol. The molecule has 7 heteroatoms. The van der Waals surface area contributed by atoms with E-state index in [0.29, 0.717) is 42.2 Å². The third kappa shape index (κ3) is 6.92. The number of nitrogens with zero attached hydrogens (tertiary/aromatic N) is 3. The minimum atomic E-state index is -0.0786. The van der Waals surface area contributed by atoms with Gasteiger partial charge in [-0.15, -0.1) is 0 Å². The second kappa shape index (κ2) is 12.0. The molecule has 1 heterocycles. The van der Waals surface area contributed by atoms with Gasteiger partial charge in [-0.2, -0.15) is 0 Å². The van der Waals surface area contributed by atoms with E-state index in [-0.39, 0.29) is 29.4 Å². The van der Waals surface area contributed by atoms with Gasteiger partial charge in [-0.3, -0.25) is 14.2 Å². The van der Waals surface area contributed by atoms with E-state index < -0.39 is 0 Å². The molecular formula is C26H33N3O3S. The summed E-state index contributed by atoms with van der Waals surface area (Å²) in [7, 11) is 0. The molecule has 0 saturated carbocycles. The van der Waals surface area contributed by atoms with Crippen molar-refractivity contribution < 1.29 is 9.53 Å². The van der Waals surface area contributed by atoms with Gasteiger partial charge in [0.25, 0.3) is 5.56 Å². The quantitative estimate of drug-likeness (QED) is 0.232. The van der Waals surface area contributed by atoms with Crippen LogP contribution in [0.2, 0.25) is 0 Å². The molecule has 0 fully saturated rings. The van der Waals surface area contributed by atoms with Crippen LogP contribution in [0, 0.1) is 0 Å². The summed E-state index contributed by atoms with van der Waals surface area (Å²) in [6.07, 6.45) is 0.848. The second-order valence-corrected chi connectivity index (χ2v) is 9.47. The maximum Gasteiger partial charge on any atom is 0.262 e.